The van der Waals surface area contributed by atoms with E-state index in [0.717, 1.165) is 32.5 Å². The van der Waals surface area contributed by atoms with Crippen molar-refractivity contribution >= 4 is 5.69 Å². The fraction of sp³-hybridized carbons (Fsp3) is 0.647. The molecule has 0 saturated carbocycles. The summed E-state index contributed by atoms with van der Waals surface area (Å²) in [5, 5.41) is 10.8. The summed E-state index contributed by atoms with van der Waals surface area (Å²) in [6.45, 7) is 9.63. The smallest absolute Gasteiger partial charge is 0.272 e. The minimum absolute atomic E-state index is 0.132. The van der Waals surface area contributed by atoms with E-state index >= 15 is 0 Å². The summed E-state index contributed by atoms with van der Waals surface area (Å²) >= 11 is 0. The molecule has 1 aromatic rings. The molecule has 1 aliphatic rings. The molecule has 0 spiro atoms. The Hall–Kier alpha value is -1.66. The largest absolute Gasteiger partial charge is 0.494 e. The van der Waals surface area contributed by atoms with Gasteiger partial charge in [-0.3, -0.25) is 15.0 Å². The minimum atomic E-state index is -0.372. The van der Waals surface area contributed by atoms with Gasteiger partial charge in [-0.1, -0.05) is 0 Å². The lowest BCUT2D eigenvalue weighted by molar-refractivity contribution is -0.385. The topological polar surface area (TPSA) is 64.8 Å². The second-order valence-corrected chi connectivity index (χ2v) is 6.28. The van der Waals surface area contributed by atoms with Gasteiger partial charge in [-0.25, -0.2) is 0 Å². The third-order valence-corrected chi connectivity index (χ3v) is 4.00. The van der Waals surface area contributed by atoms with Gasteiger partial charge >= 0.3 is 0 Å². The van der Waals surface area contributed by atoms with Crippen LogP contribution >= 0.6 is 0 Å². The summed E-state index contributed by atoms with van der Waals surface area (Å²) in [4.78, 5) is 12.8. The summed E-state index contributed by atoms with van der Waals surface area (Å²) in [6, 6.07) is 4.89. The van der Waals surface area contributed by atoms with Gasteiger partial charge in [-0.05, 0) is 52.3 Å². The second-order valence-electron chi connectivity index (χ2n) is 6.28. The predicted molar refractivity (Wildman–Crippen MR) is 89.0 cm³/mol. The van der Waals surface area contributed by atoms with E-state index in [1.54, 1.807) is 19.1 Å². The first-order chi connectivity index (χ1) is 11.0. The van der Waals surface area contributed by atoms with Crippen molar-refractivity contribution in [2.45, 2.75) is 45.8 Å². The Balaban J connectivity index is 1.67. The van der Waals surface area contributed by atoms with Crippen LogP contribution in [0.3, 0.4) is 0 Å². The van der Waals surface area contributed by atoms with Gasteiger partial charge in [0.1, 0.15) is 5.75 Å². The van der Waals surface area contributed by atoms with Gasteiger partial charge in [0.25, 0.3) is 5.69 Å². The van der Waals surface area contributed by atoms with Gasteiger partial charge in [-0.2, -0.15) is 0 Å². The third kappa shape index (κ3) is 5.48. The molecule has 0 radical (unpaired) electrons. The molecule has 1 fully saturated rings. The van der Waals surface area contributed by atoms with Crippen molar-refractivity contribution < 1.29 is 14.4 Å². The molecule has 0 unspecified atom stereocenters. The second kappa shape index (κ2) is 8.26. The van der Waals surface area contributed by atoms with Gasteiger partial charge < -0.3 is 9.47 Å². The number of rotatable bonds is 7. The van der Waals surface area contributed by atoms with Crippen molar-refractivity contribution in [1.82, 2.24) is 4.90 Å². The van der Waals surface area contributed by atoms with Crippen LogP contribution in [0.15, 0.2) is 18.2 Å². The summed E-state index contributed by atoms with van der Waals surface area (Å²) in [7, 11) is 0. The van der Waals surface area contributed by atoms with Crippen molar-refractivity contribution in [1.29, 1.82) is 0 Å². The van der Waals surface area contributed by atoms with E-state index in [2.05, 4.69) is 18.7 Å². The molecule has 1 aromatic carbocycles. The van der Waals surface area contributed by atoms with Crippen LogP contribution in [0.5, 0.6) is 5.75 Å². The van der Waals surface area contributed by atoms with E-state index in [1.807, 2.05) is 0 Å². The van der Waals surface area contributed by atoms with Crippen LogP contribution in [0, 0.1) is 17.0 Å². The highest BCUT2D eigenvalue weighted by Crippen LogP contribution is 2.23. The molecule has 2 rings (SSSR count). The number of benzene rings is 1. The third-order valence-electron chi connectivity index (χ3n) is 4.00. The van der Waals surface area contributed by atoms with Crippen molar-refractivity contribution in [3.63, 3.8) is 0 Å². The molecule has 128 valence electrons. The highest BCUT2D eigenvalue weighted by molar-refractivity contribution is 5.44. The molecule has 23 heavy (non-hydrogen) atoms. The van der Waals surface area contributed by atoms with Crippen LogP contribution in [0.4, 0.5) is 5.69 Å². The molecular formula is C17H26N2O4. The lowest BCUT2D eigenvalue weighted by Crippen LogP contribution is -2.45. The minimum Gasteiger partial charge on any atom is -0.494 e. The van der Waals surface area contributed by atoms with Crippen molar-refractivity contribution in [3.8, 4) is 5.75 Å². The molecule has 6 nitrogen and oxygen atoms in total. The van der Waals surface area contributed by atoms with Crippen LogP contribution < -0.4 is 4.74 Å². The molecular weight excluding hydrogens is 296 g/mol. The zero-order chi connectivity index (χ0) is 16.8. The lowest BCUT2D eigenvalue weighted by Gasteiger charge is -2.35. The Bertz CT molecular complexity index is 525. The zero-order valence-electron chi connectivity index (χ0n) is 14.2. The molecule has 0 N–H and O–H groups in total. The predicted octanol–water partition coefficient (Wildman–Crippen LogP) is 3.17. The van der Waals surface area contributed by atoms with Gasteiger partial charge in [0.15, 0.2) is 0 Å². The number of unbranched alkanes of at least 4 members (excludes halogenated alkanes) is 1. The van der Waals surface area contributed by atoms with Crippen LogP contribution in [-0.2, 0) is 4.74 Å². The van der Waals surface area contributed by atoms with E-state index in [1.165, 1.54) is 6.07 Å². The number of morpholine rings is 1. The molecule has 0 aliphatic carbocycles. The first-order valence-corrected chi connectivity index (χ1v) is 8.21. The average molecular weight is 322 g/mol. The molecule has 0 amide bonds. The molecule has 0 bridgehead atoms. The summed E-state index contributed by atoms with van der Waals surface area (Å²) in [5.74, 6) is 0.696. The average Bonchev–Trinajstić information content (AvgIpc) is 2.45. The number of hydrogen-bond donors (Lipinski definition) is 0. The van der Waals surface area contributed by atoms with Gasteiger partial charge in [0.2, 0.25) is 0 Å². The molecule has 1 saturated heterocycles. The highest BCUT2D eigenvalue weighted by atomic mass is 16.6. The maximum Gasteiger partial charge on any atom is 0.272 e. The monoisotopic (exact) mass is 322 g/mol. The fourth-order valence-electron chi connectivity index (χ4n) is 3.02. The van der Waals surface area contributed by atoms with Gasteiger partial charge in [0.05, 0.1) is 23.7 Å². The van der Waals surface area contributed by atoms with Crippen molar-refractivity contribution in [3.05, 3.63) is 33.9 Å². The van der Waals surface area contributed by atoms with Crippen molar-refractivity contribution in [2.24, 2.45) is 0 Å². The van der Waals surface area contributed by atoms with Crippen LogP contribution in [-0.4, -0.2) is 48.3 Å². The van der Waals surface area contributed by atoms with Crippen molar-refractivity contribution in [2.75, 3.05) is 26.2 Å². The Morgan fingerprint density at radius 1 is 1.30 bits per heavy atom. The summed E-state index contributed by atoms with van der Waals surface area (Å²) in [5.41, 5.74) is 0.761. The Morgan fingerprint density at radius 2 is 2.00 bits per heavy atom. The van der Waals surface area contributed by atoms with E-state index < -0.39 is 0 Å². The Morgan fingerprint density at radius 3 is 2.61 bits per heavy atom. The molecule has 6 heteroatoms. The van der Waals surface area contributed by atoms with Gasteiger partial charge in [-0.15, -0.1) is 0 Å². The lowest BCUT2D eigenvalue weighted by atomic mass is 10.2. The molecule has 0 aromatic heterocycles. The zero-order valence-corrected chi connectivity index (χ0v) is 14.2. The normalized spacial score (nSPS) is 22.0. The SMILES string of the molecule is Cc1cc(OCCCCN2C[C@H](C)O[C@@H](C)C2)ccc1[N+](=O)[O-]. The fourth-order valence-corrected chi connectivity index (χ4v) is 3.02. The number of ether oxygens (including phenoxy) is 2. The first kappa shape index (κ1) is 17.7. The molecule has 2 atom stereocenters. The maximum absolute atomic E-state index is 10.8. The van der Waals surface area contributed by atoms with E-state index in [-0.39, 0.29) is 10.6 Å². The number of aryl methyl sites for hydroxylation is 1. The molecule has 1 heterocycles. The van der Waals surface area contributed by atoms with Gasteiger partial charge in [0, 0.05) is 24.7 Å². The van der Waals surface area contributed by atoms with Crippen LogP contribution in [0.2, 0.25) is 0 Å². The molecule has 1 aliphatic heterocycles. The number of nitrogens with zero attached hydrogens (tertiary/aromatic N) is 2. The Kier molecular flexibility index (Phi) is 6.36. The first-order valence-electron chi connectivity index (χ1n) is 8.21. The summed E-state index contributed by atoms with van der Waals surface area (Å²) < 4.78 is 11.4. The van der Waals surface area contributed by atoms with E-state index in [4.69, 9.17) is 9.47 Å². The van der Waals surface area contributed by atoms with E-state index in [0.29, 0.717) is 30.1 Å². The number of nitro benzene ring substituents is 1. The maximum atomic E-state index is 10.8. The standard InChI is InChI=1S/C17H26N2O4/c1-13-10-16(6-7-17(13)19(20)21)22-9-5-4-8-18-11-14(2)23-15(3)12-18/h6-7,10,14-15H,4-5,8-9,11-12H2,1-3H3/t14-,15-/m0/s1. The Labute approximate surface area is 137 Å². The summed E-state index contributed by atoms with van der Waals surface area (Å²) in [6.07, 6.45) is 2.65. The van der Waals surface area contributed by atoms with Crippen LogP contribution in [0.1, 0.15) is 32.3 Å². The number of nitro groups is 1. The quantitative estimate of drug-likeness (QED) is 0.438. The number of hydrogen-bond acceptors (Lipinski definition) is 5. The highest BCUT2D eigenvalue weighted by Gasteiger charge is 2.21. The van der Waals surface area contributed by atoms with Crippen LogP contribution in [0.25, 0.3) is 0 Å². The van der Waals surface area contributed by atoms with E-state index in [9.17, 15) is 10.1 Å².